The van der Waals surface area contributed by atoms with Crippen molar-refractivity contribution in [1.82, 2.24) is 10.2 Å². The maximum absolute atomic E-state index is 13.8. The molecule has 9 heteroatoms. The van der Waals surface area contributed by atoms with Crippen LogP contribution in [0.3, 0.4) is 0 Å². The quantitative estimate of drug-likeness (QED) is 0.341. The maximum atomic E-state index is 13.8. The fourth-order valence-electron chi connectivity index (χ4n) is 3.90. The van der Waals surface area contributed by atoms with Crippen LogP contribution in [0, 0.1) is 6.92 Å². The van der Waals surface area contributed by atoms with E-state index in [0.29, 0.717) is 35.5 Å². The van der Waals surface area contributed by atoms with Gasteiger partial charge in [-0.3, -0.25) is 9.59 Å². The van der Waals surface area contributed by atoms with E-state index < -0.39 is 35.6 Å². The van der Waals surface area contributed by atoms with Gasteiger partial charge >= 0.3 is 6.09 Å². The van der Waals surface area contributed by atoms with Gasteiger partial charge in [0.15, 0.2) is 0 Å². The van der Waals surface area contributed by atoms with Crippen molar-refractivity contribution in [2.24, 2.45) is 0 Å². The van der Waals surface area contributed by atoms with Gasteiger partial charge < -0.3 is 30.1 Å². The number of nitrogens with one attached hydrogen (secondary N) is 2. The largest absolute Gasteiger partial charge is 0.508 e. The fourth-order valence-corrected chi connectivity index (χ4v) is 3.90. The Morgan fingerprint density at radius 1 is 1.05 bits per heavy atom. The second-order valence-electron chi connectivity index (χ2n) is 10.3. The van der Waals surface area contributed by atoms with Crippen molar-refractivity contribution in [2.75, 3.05) is 19.0 Å². The molecule has 0 fully saturated rings. The van der Waals surface area contributed by atoms with Gasteiger partial charge in [-0.25, -0.2) is 4.79 Å². The molecular weight excluding hydrogens is 486 g/mol. The molecule has 3 N–H and O–H groups in total. The molecule has 2 aromatic carbocycles. The molecule has 0 saturated heterocycles. The van der Waals surface area contributed by atoms with Gasteiger partial charge in [-0.05, 0) is 88.6 Å². The number of alkyl carbamates (subject to hydrolysis) is 1. The Morgan fingerprint density at radius 2 is 1.71 bits per heavy atom. The zero-order valence-electron chi connectivity index (χ0n) is 23.5. The number of phenolic OH excluding ortho intramolecular Hbond substituents is 1. The lowest BCUT2D eigenvalue weighted by atomic mass is 9.99. The van der Waals surface area contributed by atoms with E-state index in [0.717, 1.165) is 12.8 Å². The number of nitrogens with zero attached hydrogens (tertiary/aromatic N) is 1. The number of unbranched alkanes of at least 4 members (excludes halogenated alkanes) is 2. The average molecular weight is 528 g/mol. The molecule has 0 heterocycles. The summed E-state index contributed by atoms with van der Waals surface area (Å²) in [4.78, 5) is 41.4. The molecule has 0 aliphatic rings. The predicted octanol–water partition coefficient (Wildman–Crippen LogP) is 5.32. The highest BCUT2D eigenvalue weighted by atomic mass is 16.6. The first-order valence-electron chi connectivity index (χ1n) is 12.9. The molecule has 0 bridgehead atoms. The highest BCUT2D eigenvalue weighted by Crippen LogP contribution is 2.29. The zero-order valence-corrected chi connectivity index (χ0v) is 23.5. The van der Waals surface area contributed by atoms with Crippen LogP contribution in [0.15, 0.2) is 42.5 Å². The second-order valence-corrected chi connectivity index (χ2v) is 10.3. The molecule has 208 valence electrons. The highest BCUT2D eigenvalue weighted by molar-refractivity contribution is 5.99. The summed E-state index contributed by atoms with van der Waals surface area (Å²) in [5.74, 6) is -0.110. The molecule has 0 radical (unpaired) electrons. The Hall–Kier alpha value is -3.75. The third-order valence-corrected chi connectivity index (χ3v) is 5.84. The number of hydrogen-bond donors (Lipinski definition) is 3. The molecule has 0 aliphatic carbocycles. The molecule has 2 atom stereocenters. The standard InChI is InChI=1S/C29H41N3O6/c1-8-9-10-17-32(27(35)20(3)30-28(36)38-29(4,5)6)25(21-11-16-24(33)19(2)18-21)26(34)31-22-12-14-23(37-7)15-13-22/h11-16,18,20,25,33H,8-10,17H2,1-7H3,(H,30,36)(H,31,34). The van der Waals surface area contributed by atoms with Crippen molar-refractivity contribution in [2.45, 2.75) is 78.5 Å². The molecule has 0 aromatic heterocycles. The van der Waals surface area contributed by atoms with Crippen LogP contribution in [0.1, 0.15) is 71.0 Å². The first kappa shape index (κ1) is 30.5. The summed E-state index contributed by atoms with van der Waals surface area (Å²) in [6.45, 7) is 10.9. The Kier molecular flexibility index (Phi) is 11.0. The van der Waals surface area contributed by atoms with E-state index >= 15 is 0 Å². The molecule has 2 rings (SSSR count). The van der Waals surface area contributed by atoms with E-state index in [-0.39, 0.29) is 5.75 Å². The summed E-state index contributed by atoms with van der Waals surface area (Å²) in [5.41, 5.74) is 0.932. The van der Waals surface area contributed by atoms with Gasteiger partial charge in [0.05, 0.1) is 7.11 Å². The molecule has 2 aromatic rings. The zero-order chi connectivity index (χ0) is 28.5. The molecular formula is C29H41N3O6. The Balaban J connectivity index is 2.45. The number of aryl methyl sites for hydroxylation is 1. The summed E-state index contributed by atoms with van der Waals surface area (Å²) in [5, 5.41) is 15.6. The van der Waals surface area contributed by atoms with Crippen molar-refractivity contribution < 1.29 is 29.0 Å². The van der Waals surface area contributed by atoms with Crippen molar-refractivity contribution in [1.29, 1.82) is 0 Å². The molecule has 0 saturated carbocycles. The van der Waals surface area contributed by atoms with Crippen molar-refractivity contribution in [3.05, 3.63) is 53.6 Å². The summed E-state index contributed by atoms with van der Waals surface area (Å²) in [6.07, 6.45) is 1.74. The number of phenols is 1. The number of anilines is 1. The summed E-state index contributed by atoms with van der Waals surface area (Å²) < 4.78 is 10.5. The predicted molar refractivity (Wildman–Crippen MR) is 147 cm³/mol. The fraction of sp³-hybridized carbons (Fsp3) is 0.483. The van der Waals surface area contributed by atoms with E-state index in [9.17, 15) is 19.5 Å². The smallest absolute Gasteiger partial charge is 0.408 e. The number of carbonyl (C=O) groups excluding carboxylic acids is 3. The number of ether oxygens (including phenoxy) is 2. The van der Waals surface area contributed by atoms with Crippen LogP contribution >= 0.6 is 0 Å². The van der Waals surface area contributed by atoms with Gasteiger partial charge in [0, 0.05) is 12.2 Å². The molecule has 0 spiro atoms. The molecule has 9 nitrogen and oxygen atoms in total. The van der Waals surface area contributed by atoms with Crippen LogP contribution in [0.2, 0.25) is 0 Å². The van der Waals surface area contributed by atoms with Gasteiger partial charge in [0.1, 0.15) is 29.2 Å². The Labute approximate surface area is 225 Å². The van der Waals surface area contributed by atoms with E-state index in [1.54, 1.807) is 78.1 Å². The monoisotopic (exact) mass is 527 g/mol. The maximum Gasteiger partial charge on any atom is 0.408 e. The van der Waals surface area contributed by atoms with E-state index in [2.05, 4.69) is 17.6 Å². The lowest BCUT2D eigenvalue weighted by molar-refractivity contribution is -0.140. The Bertz CT molecular complexity index is 1090. The van der Waals surface area contributed by atoms with Crippen molar-refractivity contribution >= 4 is 23.6 Å². The molecule has 2 unspecified atom stereocenters. The first-order valence-corrected chi connectivity index (χ1v) is 12.9. The minimum atomic E-state index is -1.01. The van der Waals surface area contributed by atoms with Crippen LogP contribution in [0.4, 0.5) is 10.5 Å². The number of carbonyl (C=O) groups is 3. The first-order chi connectivity index (χ1) is 17.9. The van der Waals surface area contributed by atoms with Crippen LogP contribution in [0.5, 0.6) is 11.5 Å². The summed E-state index contributed by atoms with van der Waals surface area (Å²) >= 11 is 0. The third-order valence-electron chi connectivity index (χ3n) is 5.84. The number of aromatic hydroxyl groups is 1. The number of rotatable bonds is 11. The lowest BCUT2D eigenvalue weighted by Crippen LogP contribution is -2.51. The van der Waals surface area contributed by atoms with Crippen LogP contribution in [-0.2, 0) is 14.3 Å². The summed E-state index contributed by atoms with van der Waals surface area (Å²) in [6, 6.07) is 9.77. The van der Waals surface area contributed by atoms with Gasteiger partial charge in [0.25, 0.3) is 5.91 Å². The topological polar surface area (TPSA) is 117 Å². The Morgan fingerprint density at radius 3 is 2.26 bits per heavy atom. The number of benzene rings is 2. The van der Waals surface area contributed by atoms with Gasteiger partial charge in [-0.2, -0.15) is 0 Å². The van der Waals surface area contributed by atoms with Crippen molar-refractivity contribution in [3.8, 4) is 11.5 Å². The van der Waals surface area contributed by atoms with E-state index in [4.69, 9.17) is 9.47 Å². The number of methoxy groups -OCH3 is 1. The van der Waals surface area contributed by atoms with Crippen LogP contribution in [-0.4, -0.2) is 53.2 Å². The lowest BCUT2D eigenvalue weighted by Gasteiger charge is -2.34. The van der Waals surface area contributed by atoms with Gasteiger partial charge in [0.2, 0.25) is 5.91 Å². The normalized spacial score (nSPS) is 12.7. The average Bonchev–Trinajstić information content (AvgIpc) is 2.84. The highest BCUT2D eigenvalue weighted by Gasteiger charge is 2.34. The van der Waals surface area contributed by atoms with E-state index in [1.165, 1.54) is 11.0 Å². The number of amides is 3. The van der Waals surface area contributed by atoms with Crippen molar-refractivity contribution in [3.63, 3.8) is 0 Å². The van der Waals surface area contributed by atoms with Gasteiger partial charge in [-0.1, -0.05) is 25.8 Å². The molecule has 3 amide bonds. The SMILES string of the molecule is CCCCCN(C(=O)C(C)NC(=O)OC(C)(C)C)C(C(=O)Nc1ccc(OC)cc1)c1ccc(O)c(C)c1. The minimum Gasteiger partial charge on any atom is -0.508 e. The van der Waals surface area contributed by atoms with Crippen LogP contribution < -0.4 is 15.4 Å². The van der Waals surface area contributed by atoms with Gasteiger partial charge in [-0.15, -0.1) is 0 Å². The minimum absolute atomic E-state index is 0.0897. The van der Waals surface area contributed by atoms with E-state index in [1.807, 2.05) is 0 Å². The number of hydrogen-bond acceptors (Lipinski definition) is 6. The molecule has 38 heavy (non-hydrogen) atoms. The summed E-state index contributed by atoms with van der Waals surface area (Å²) in [7, 11) is 1.56. The molecule has 0 aliphatic heterocycles. The van der Waals surface area contributed by atoms with Crippen LogP contribution in [0.25, 0.3) is 0 Å². The third kappa shape index (κ3) is 8.97. The second kappa shape index (κ2) is 13.7.